The Labute approximate surface area is 119 Å². The number of aliphatic hydroxyl groups excluding tert-OH is 1. The molecule has 0 saturated carbocycles. The number of quaternary nitrogens is 2. The molecule has 0 aromatic carbocycles. The maximum absolute atomic E-state index is 10.2. The van der Waals surface area contributed by atoms with E-state index in [-0.39, 0.29) is 6.10 Å². The highest BCUT2D eigenvalue weighted by Crippen LogP contribution is 2.20. The Morgan fingerprint density at radius 1 is 0.789 bits per heavy atom. The van der Waals surface area contributed by atoms with Crippen LogP contribution in [0.3, 0.4) is 0 Å². The number of nitrogens with zero attached hydrogens (tertiary/aromatic N) is 2. The van der Waals surface area contributed by atoms with Crippen molar-refractivity contribution in [3.63, 3.8) is 0 Å². The summed E-state index contributed by atoms with van der Waals surface area (Å²) in [5.74, 6) is 0. The zero-order valence-corrected chi connectivity index (χ0v) is 13.1. The van der Waals surface area contributed by atoms with Crippen LogP contribution < -0.4 is 0 Å². The van der Waals surface area contributed by atoms with E-state index in [2.05, 4.69) is 14.1 Å². The van der Waals surface area contributed by atoms with Crippen molar-refractivity contribution in [2.75, 3.05) is 53.4 Å². The van der Waals surface area contributed by atoms with Gasteiger partial charge in [0.25, 0.3) is 0 Å². The van der Waals surface area contributed by atoms with Crippen LogP contribution in [0.1, 0.15) is 44.9 Å². The second kappa shape index (κ2) is 6.55. The van der Waals surface area contributed by atoms with Gasteiger partial charge in [0.1, 0.15) is 0 Å². The molecular weight excluding hydrogens is 236 g/mol. The van der Waals surface area contributed by atoms with Gasteiger partial charge in [0.05, 0.1) is 59.5 Å². The molecule has 2 heterocycles. The molecule has 0 spiro atoms. The lowest BCUT2D eigenvalue weighted by Gasteiger charge is -2.31. The van der Waals surface area contributed by atoms with Gasteiger partial charge in [0.15, 0.2) is 0 Å². The highest BCUT2D eigenvalue weighted by molar-refractivity contribution is 4.60. The topological polar surface area (TPSA) is 20.2 Å². The third-order valence-electron chi connectivity index (χ3n) is 5.53. The summed E-state index contributed by atoms with van der Waals surface area (Å²) in [7, 11) is 4.74. The van der Waals surface area contributed by atoms with E-state index >= 15 is 0 Å². The highest BCUT2D eigenvalue weighted by Gasteiger charge is 2.28. The van der Waals surface area contributed by atoms with Gasteiger partial charge < -0.3 is 14.1 Å². The summed E-state index contributed by atoms with van der Waals surface area (Å²) in [6.07, 6.45) is 8.69. The molecule has 0 bridgehead atoms. The van der Waals surface area contributed by atoms with Crippen molar-refractivity contribution in [1.29, 1.82) is 0 Å². The standard InChI is InChI=1S/C16H34N2O/c1-17(10-3-4-11-17)14-7-8-16(19)9-15-18(2)12-5-6-13-18/h16,19H,3-15H2,1-2H3/q+2/t16-/m0/s1. The lowest BCUT2D eigenvalue weighted by molar-refractivity contribution is -0.898. The van der Waals surface area contributed by atoms with E-state index in [4.69, 9.17) is 0 Å². The summed E-state index contributed by atoms with van der Waals surface area (Å²) in [5, 5.41) is 10.2. The van der Waals surface area contributed by atoms with Crippen LogP contribution in [0.2, 0.25) is 0 Å². The van der Waals surface area contributed by atoms with Crippen LogP contribution in [-0.4, -0.2) is 73.5 Å². The molecular formula is C16H34N2O+2. The molecule has 2 rings (SSSR count). The van der Waals surface area contributed by atoms with Crippen LogP contribution in [0.4, 0.5) is 0 Å². The predicted octanol–water partition coefficient (Wildman–Crippen LogP) is 2.00. The van der Waals surface area contributed by atoms with Crippen molar-refractivity contribution in [1.82, 2.24) is 0 Å². The van der Waals surface area contributed by atoms with E-state index in [1.54, 1.807) is 0 Å². The van der Waals surface area contributed by atoms with E-state index in [0.717, 1.165) is 12.8 Å². The molecule has 112 valence electrons. The summed E-state index contributed by atoms with van der Waals surface area (Å²) in [6.45, 7) is 7.79. The van der Waals surface area contributed by atoms with Gasteiger partial charge in [-0.25, -0.2) is 0 Å². The lowest BCUT2D eigenvalue weighted by atomic mass is 10.1. The maximum atomic E-state index is 10.2. The monoisotopic (exact) mass is 270 g/mol. The average Bonchev–Trinajstić information content (AvgIpc) is 2.97. The quantitative estimate of drug-likeness (QED) is 0.702. The number of hydrogen-bond acceptors (Lipinski definition) is 1. The summed E-state index contributed by atoms with van der Waals surface area (Å²) < 4.78 is 2.45. The Bertz CT molecular complexity index is 268. The summed E-state index contributed by atoms with van der Waals surface area (Å²) >= 11 is 0. The van der Waals surface area contributed by atoms with Gasteiger partial charge in [-0.3, -0.25) is 0 Å². The first-order valence-electron chi connectivity index (χ1n) is 8.37. The van der Waals surface area contributed by atoms with Gasteiger partial charge in [-0.1, -0.05) is 0 Å². The Kier molecular flexibility index (Phi) is 5.27. The molecule has 19 heavy (non-hydrogen) atoms. The summed E-state index contributed by atoms with van der Waals surface area (Å²) in [5.41, 5.74) is 0. The molecule has 1 N–H and O–H groups in total. The van der Waals surface area contributed by atoms with E-state index in [1.807, 2.05) is 0 Å². The molecule has 0 unspecified atom stereocenters. The molecule has 3 heteroatoms. The van der Waals surface area contributed by atoms with Gasteiger partial charge in [-0.15, -0.1) is 0 Å². The number of likely N-dealkylation sites (tertiary alicyclic amines) is 2. The fourth-order valence-corrected chi connectivity index (χ4v) is 3.96. The number of hydrogen-bond donors (Lipinski definition) is 1. The van der Waals surface area contributed by atoms with Crippen molar-refractivity contribution in [3.05, 3.63) is 0 Å². The van der Waals surface area contributed by atoms with Crippen LogP contribution >= 0.6 is 0 Å². The van der Waals surface area contributed by atoms with Crippen LogP contribution in [0, 0.1) is 0 Å². The Morgan fingerprint density at radius 2 is 1.26 bits per heavy atom. The molecule has 0 aliphatic carbocycles. The third kappa shape index (κ3) is 4.73. The van der Waals surface area contributed by atoms with Gasteiger partial charge in [-0.05, 0) is 12.8 Å². The van der Waals surface area contributed by atoms with E-state index < -0.39 is 0 Å². The zero-order chi connectivity index (χ0) is 13.8. The van der Waals surface area contributed by atoms with Crippen LogP contribution in [0.25, 0.3) is 0 Å². The third-order valence-corrected chi connectivity index (χ3v) is 5.53. The minimum absolute atomic E-state index is 0.0650. The molecule has 0 aromatic rings. The van der Waals surface area contributed by atoms with Crippen molar-refractivity contribution in [2.24, 2.45) is 0 Å². The van der Waals surface area contributed by atoms with Gasteiger partial charge in [0.2, 0.25) is 0 Å². The van der Waals surface area contributed by atoms with Crippen LogP contribution in [0.15, 0.2) is 0 Å². The SMILES string of the molecule is C[N+]1(CCC[C@H](O)CC[N+]2(C)CCCC2)CCCC1. The molecule has 2 fully saturated rings. The molecule has 2 aliphatic rings. The highest BCUT2D eigenvalue weighted by atomic mass is 16.3. The lowest BCUT2D eigenvalue weighted by Crippen LogP contribution is -2.43. The second-order valence-corrected chi connectivity index (χ2v) is 7.58. The molecule has 0 radical (unpaired) electrons. The normalized spacial score (nSPS) is 26.7. The average molecular weight is 270 g/mol. The van der Waals surface area contributed by atoms with Crippen molar-refractivity contribution in [3.8, 4) is 0 Å². The predicted molar refractivity (Wildman–Crippen MR) is 79.9 cm³/mol. The van der Waals surface area contributed by atoms with Gasteiger partial charge >= 0.3 is 0 Å². The van der Waals surface area contributed by atoms with Crippen molar-refractivity contribution < 1.29 is 14.1 Å². The Hall–Kier alpha value is -0.120. The first kappa shape index (κ1) is 15.3. The maximum Gasteiger partial charge on any atom is 0.0809 e. The summed E-state index contributed by atoms with van der Waals surface area (Å²) in [6, 6.07) is 0. The minimum atomic E-state index is -0.0650. The van der Waals surface area contributed by atoms with E-state index in [9.17, 15) is 5.11 Å². The van der Waals surface area contributed by atoms with Gasteiger partial charge in [-0.2, -0.15) is 0 Å². The first-order valence-corrected chi connectivity index (χ1v) is 8.37. The smallest absolute Gasteiger partial charge is 0.0809 e. The van der Waals surface area contributed by atoms with Gasteiger partial charge in [0, 0.05) is 32.1 Å². The Balaban J connectivity index is 1.58. The Morgan fingerprint density at radius 3 is 1.79 bits per heavy atom. The molecule has 0 amide bonds. The van der Waals surface area contributed by atoms with Crippen molar-refractivity contribution >= 4 is 0 Å². The fourth-order valence-electron chi connectivity index (χ4n) is 3.96. The fraction of sp³-hybridized carbons (Fsp3) is 1.00. The molecule has 2 aliphatic heterocycles. The molecule has 1 atom stereocenters. The van der Waals surface area contributed by atoms with Crippen molar-refractivity contribution in [2.45, 2.75) is 51.0 Å². The van der Waals surface area contributed by atoms with E-state index in [1.165, 1.54) is 80.3 Å². The second-order valence-electron chi connectivity index (χ2n) is 7.58. The molecule has 0 aromatic heterocycles. The minimum Gasteiger partial charge on any atom is -0.393 e. The number of aliphatic hydroxyl groups is 1. The van der Waals surface area contributed by atoms with E-state index in [0.29, 0.717) is 0 Å². The summed E-state index contributed by atoms with van der Waals surface area (Å²) in [4.78, 5) is 0. The molecule has 3 nitrogen and oxygen atoms in total. The largest absolute Gasteiger partial charge is 0.393 e. The molecule has 2 saturated heterocycles. The zero-order valence-electron chi connectivity index (χ0n) is 13.1. The van der Waals surface area contributed by atoms with Crippen LogP contribution in [-0.2, 0) is 0 Å². The van der Waals surface area contributed by atoms with Crippen LogP contribution in [0.5, 0.6) is 0 Å². The first-order chi connectivity index (χ1) is 9.02. The number of rotatable bonds is 7.